The van der Waals surface area contributed by atoms with Crippen molar-refractivity contribution < 1.29 is 9.59 Å². The van der Waals surface area contributed by atoms with Gasteiger partial charge >= 0.3 is 6.03 Å². The van der Waals surface area contributed by atoms with Crippen LogP contribution in [0.5, 0.6) is 0 Å². The second-order valence-corrected chi connectivity index (χ2v) is 10.3. The molecule has 176 valence electrons. The van der Waals surface area contributed by atoms with Gasteiger partial charge in [-0.15, -0.1) is 11.3 Å². The number of amides is 3. The van der Waals surface area contributed by atoms with Crippen LogP contribution in [0.4, 0.5) is 4.79 Å². The van der Waals surface area contributed by atoms with Crippen LogP contribution in [0, 0.1) is 0 Å². The fraction of sp³-hybridized carbons (Fsp3) is 0.250. The Morgan fingerprint density at radius 3 is 2.43 bits per heavy atom. The highest BCUT2D eigenvalue weighted by molar-refractivity contribution is 7.18. The molecule has 0 saturated carbocycles. The quantitative estimate of drug-likeness (QED) is 0.389. The molecule has 6 nitrogen and oxygen atoms in total. The predicted octanol–water partition coefficient (Wildman–Crippen LogP) is 5.08. The van der Waals surface area contributed by atoms with E-state index in [4.69, 9.17) is 4.98 Å². The minimum Gasteiger partial charge on any atom is -0.319 e. The topological polar surface area (TPSA) is 65.5 Å². The Labute approximate surface area is 208 Å². The molecule has 1 N–H and O–H groups in total. The monoisotopic (exact) mass is 482 g/mol. The number of likely N-dealkylation sites (tertiary alicyclic amines) is 1. The molecule has 2 saturated heterocycles. The smallest absolute Gasteiger partial charge is 0.319 e. The summed E-state index contributed by atoms with van der Waals surface area (Å²) in [6, 6.07) is 27.4. The highest BCUT2D eigenvalue weighted by Gasteiger charge is 2.53. The summed E-state index contributed by atoms with van der Waals surface area (Å²) >= 11 is 1.70. The molecule has 0 bridgehead atoms. The summed E-state index contributed by atoms with van der Waals surface area (Å²) in [5, 5.41) is 4.13. The lowest BCUT2D eigenvalue weighted by molar-refractivity contribution is -0.133. The van der Waals surface area contributed by atoms with E-state index >= 15 is 0 Å². The third-order valence-corrected chi connectivity index (χ3v) is 8.17. The summed E-state index contributed by atoms with van der Waals surface area (Å²) in [5.41, 5.74) is 1.68. The molecule has 2 aliphatic rings. The van der Waals surface area contributed by atoms with Crippen molar-refractivity contribution in [3.8, 4) is 0 Å². The summed E-state index contributed by atoms with van der Waals surface area (Å²) in [7, 11) is 0. The van der Waals surface area contributed by atoms with Crippen LogP contribution < -0.4 is 5.32 Å². The number of fused-ring (bicyclic) bond motifs is 1. The Bertz CT molecular complexity index is 1340. The van der Waals surface area contributed by atoms with E-state index in [1.54, 1.807) is 11.3 Å². The van der Waals surface area contributed by atoms with Crippen LogP contribution >= 0.6 is 11.3 Å². The van der Waals surface area contributed by atoms with Crippen LogP contribution in [0.3, 0.4) is 0 Å². The Morgan fingerprint density at radius 1 is 0.943 bits per heavy atom. The van der Waals surface area contributed by atoms with Gasteiger partial charge in [-0.25, -0.2) is 14.7 Å². The number of urea groups is 1. The Kier molecular flexibility index (Phi) is 5.59. The van der Waals surface area contributed by atoms with Gasteiger partial charge < -0.3 is 5.32 Å². The van der Waals surface area contributed by atoms with Gasteiger partial charge in [0.15, 0.2) is 5.54 Å². The minimum absolute atomic E-state index is 0.105. The number of aromatic nitrogens is 1. The maximum absolute atomic E-state index is 14.0. The van der Waals surface area contributed by atoms with Crippen molar-refractivity contribution in [1.29, 1.82) is 0 Å². The van der Waals surface area contributed by atoms with Crippen molar-refractivity contribution in [3.63, 3.8) is 0 Å². The molecule has 2 fully saturated rings. The summed E-state index contributed by atoms with van der Waals surface area (Å²) in [6.45, 7) is 1.09. The number of carbonyl (C=O) groups is 2. The van der Waals surface area contributed by atoms with Gasteiger partial charge in [0, 0.05) is 13.0 Å². The number of benzene rings is 3. The average Bonchev–Trinajstić information content (AvgIpc) is 3.59. The first-order chi connectivity index (χ1) is 17.1. The van der Waals surface area contributed by atoms with Gasteiger partial charge in [-0.1, -0.05) is 72.8 Å². The van der Waals surface area contributed by atoms with Crippen LogP contribution in [-0.4, -0.2) is 39.9 Å². The number of nitrogens with zero attached hydrogens (tertiary/aromatic N) is 3. The average molecular weight is 483 g/mol. The fourth-order valence-corrected chi connectivity index (χ4v) is 6.42. The SMILES string of the molecule is O=C1NC(Cc2ccccc2)(c2ccccc2)C(=O)N1CN1CCCC1c1nc2ccccc2s1. The van der Waals surface area contributed by atoms with E-state index in [0.29, 0.717) is 6.42 Å². The number of hydrogen-bond donors (Lipinski definition) is 1. The number of thiazole rings is 1. The van der Waals surface area contributed by atoms with Crippen molar-refractivity contribution in [2.75, 3.05) is 13.2 Å². The van der Waals surface area contributed by atoms with E-state index in [0.717, 1.165) is 45.7 Å². The summed E-state index contributed by atoms with van der Waals surface area (Å²) < 4.78 is 1.16. The van der Waals surface area contributed by atoms with Crippen LogP contribution in [0.1, 0.15) is 35.0 Å². The van der Waals surface area contributed by atoms with Crippen LogP contribution in [0.15, 0.2) is 84.9 Å². The highest BCUT2D eigenvalue weighted by Crippen LogP contribution is 2.38. The first-order valence-electron chi connectivity index (χ1n) is 12.0. The molecular weight excluding hydrogens is 456 g/mol. The van der Waals surface area contributed by atoms with Gasteiger partial charge in [-0.3, -0.25) is 9.69 Å². The third kappa shape index (κ3) is 3.90. The molecule has 3 heterocycles. The van der Waals surface area contributed by atoms with Crippen molar-refractivity contribution in [2.24, 2.45) is 0 Å². The normalized spacial score (nSPS) is 22.7. The van der Waals surface area contributed by atoms with E-state index in [1.807, 2.05) is 78.9 Å². The van der Waals surface area contributed by atoms with Crippen molar-refractivity contribution in [3.05, 3.63) is 101 Å². The standard InChI is InChI=1S/C28H26N4O2S/c33-26-28(21-12-5-2-6-13-21,18-20-10-3-1-4-11-20)30-27(34)32(26)19-31-17-9-15-23(31)25-29-22-14-7-8-16-24(22)35-25/h1-8,10-14,16,23H,9,15,17-19H2,(H,30,34). The minimum atomic E-state index is -1.12. The van der Waals surface area contributed by atoms with Crippen LogP contribution in [-0.2, 0) is 16.8 Å². The molecule has 2 aliphatic heterocycles. The third-order valence-electron chi connectivity index (χ3n) is 7.04. The highest BCUT2D eigenvalue weighted by atomic mass is 32.1. The Hall–Kier alpha value is -3.55. The molecule has 4 aromatic rings. The molecule has 0 aliphatic carbocycles. The second-order valence-electron chi connectivity index (χ2n) is 9.23. The van der Waals surface area contributed by atoms with Gasteiger partial charge in [0.25, 0.3) is 5.91 Å². The number of carbonyl (C=O) groups excluding carboxylic acids is 2. The zero-order valence-corrected chi connectivity index (χ0v) is 20.1. The lowest BCUT2D eigenvalue weighted by Gasteiger charge is -2.29. The lowest BCUT2D eigenvalue weighted by atomic mass is 9.83. The van der Waals surface area contributed by atoms with Crippen molar-refractivity contribution in [2.45, 2.75) is 30.8 Å². The van der Waals surface area contributed by atoms with Gasteiger partial charge in [-0.05, 0) is 36.1 Å². The Balaban J connectivity index is 1.30. The number of nitrogens with one attached hydrogen (secondary N) is 1. The van der Waals surface area contributed by atoms with Gasteiger partial charge in [0.2, 0.25) is 0 Å². The van der Waals surface area contributed by atoms with Crippen molar-refractivity contribution in [1.82, 2.24) is 20.1 Å². The number of hydrogen-bond acceptors (Lipinski definition) is 5. The van der Waals surface area contributed by atoms with E-state index in [2.05, 4.69) is 16.3 Å². The molecule has 6 rings (SSSR count). The zero-order chi connectivity index (χ0) is 23.8. The number of rotatable bonds is 6. The molecule has 7 heteroatoms. The molecule has 1 aromatic heterocycles. The molecular formula is C28H26N4O2S. The molecule has 0 spiro atoms. The van der Waals surface area contributed by atoms with E-state index in [-0.39, 0.29) is 24.6 Å². The largest absolute Gasteiger partial charge is 0.326 e. The Morgan fingerprint density at radius 2 is 1.66 bits per heavy atom. The molecule has 3 amide bonds. The van der Waals surface area contributed by atoms with Crippen molar-refractivity contribution >= 4 is 33.5 Å². The first-order valence-corrected chi connectivity index (χ1v) is 12.8. The summed E-state index contributed by atoms with van der Waals surface area (Å²) in [6.07, 6.45) is 2.38. The maximum Gasteiger partial charge on any atom is 0.326 e. The number of para-hydroxylation sites is 1. The molecule has 0 radical (unpaired) electrons. The zero-order valence-electron chi connectivity index (χ0n) is 19.3. The van der Waals surface area contributed by atoms with Crippen LogP contribution in [0.25, 0.3) is 10.2 Å². The van der Waals surface area contributed by atoms with Gasteiger partial charge in [0.1, 0.15) is 5.01 Å². The summed E-state index contributed by atoms with van der Waals surface area (Å²) in [5.74, 6) is -0.201. The number of imide groups is 1. The molecule has 35 heavy (non-hydrogen) atoms. The van der Waals surface area contributed by atoms with E-state index in [9.17, 15) is 9.59 Å². The maximum atomic E-state index is 14.0. The second kappa shape index (κ2) is 8.91. The molecule has 2 unspecified atom stereocenters. The first kappa shape index (κ1) is 21.9. The van der Waals surface area contributed by atoms with Crippen LogP contribution in [0.2, 0.25) is 0 Å². The molecule has 3 aromatic carbocycles. The van der Waals surface area contributed by atoms with Gasteiger partial charge in [-0.2, -0.15) is 0 Å². The lowest BCUT2D eigenvalue weighted by Crippen LogP contribution is -2.47. The summed E-state index contributed by atoms with van der Waals surface area (Å²) in [4.78, 5) is 35.8. The molecule has 2 atom stereocenters. The van der Waals surface area contributed by atoms with Gasteiger partial charge in [0.05, 0.1) is 22.9 Å². The van der Waals surface area contributed by atoms with E-state index in [1.165, 1.54) is 4.90 Å². The van der Waals surface area contributed by atoms with E-state index < -0.39 is 5.54 Å². The fourth-order valence-electron chi connectivity index (χ4n) is 5.29. The predicted molar refractivity (Wildman–Crippen MR) is 137 cm³/mol.